The number of anilines is 2. The number of nitrogens with zero attached hydrogens (tertiary/aromatic N) is 4. The topological polar surface area (TPSA) is 88.9 Å². The first-order chi connectivity index (χ1) is 19.5. The molecule has 3 aliphatic rings. The van der Waals surface area contributed by atoms with E-state index in [-0.39, 0.29) is 6.54 Å². The van der Waals surface area contributed by atoms with Gasteiger partial charge in [0.2, 0.25) is 5.95 Å². The summed E-state index contributed by atoms with van der Waals surface area (Å²) in [7, 11) is 0. The molecule has 7 nitrogen and oxygen atoms in total. The molecule has 2 aromatic rings. The first-order valence-electron chi connectivity index (χ1n) is 14.7. The van der Waals surface area contributed by atoms with Crippen molar-refractivity contribution < 1.29 is 8.78 Å². The number of nitrogens with one attached hydrogen (secondary N) is 3. The van der Waals surface area contributed by atoms with E-state index in [1.165, 1.54) is 32.1 Å². The third-order valence-corrected chi connectivity index (χ3v) is 9.41. The Kier molecular flexibility index (Phi) is 10.1. The van der Waals surface area contributed by atoms with Crippen LogP contribution >= 0.6 is 11.6 Å². The summed E-state index contributed by atoms with van der Waals surface area (Å²) in [6.45, 7) is 3.77. The highest BCUT2D eigenvalue weighted by molar-refractivity contribution is 6.31. The number of nitriles is 1. The number of aromatic nitrogens is 2. The SMILES string of the molecule is N#Cc1cnc(NCc2ccccc2Cl)nc1NCC1C[C@H]2CCC[C@@H](C1)[C@@H]2NCC1CCN(CC(F)F)CC1. The number of alkyl halides is 2. The molecule has 1 aromatic carbocycles. The van der Waals surface area contributed by atoms with E-state index >= 15 is 0 Å². The van der Waals surface area contributed by atoms with Crippen molar-refractivity contribution in [2.24, 2.45) is 23.7 Å². The van der Waals surface area contributed by atoms with Gasteiger partial charge in [0.15, 0.2) is 0 Å². The van der Waals surface area contributed by atoms with Crippen LogP contribution in [-0.4, -0.2) is 60.1 Å². The molecule has 216 valence electrons. The summed E-state index contributed by atoms with van der Waals surface area (Å²) in [6, 6.07) is 10.4. The molecule has 10 heteroatoms. The number of fused-ring (bicyclic) bond motifs is 2. The van der Waals surface area contributed by atoms with Crippen LogP contribution in [0, 0.1) is 35.0 Å². The molecule has 2 saturated carbocycles. The highest BCUT2D eigenvalue weighted by Gasteiger charge is 2.40. The van der Waals surface area contributed by atoms with Crippen molar-refractivity contribution in [3.05, 3.63) is 46.6 Å². The molecule has 2 aliphatic carbocycles. The summed E-state index contributed by atoms with van der Waals surface area (Å²) in [5.41, 5.74) is 1.40. The fourth-order valence-corrected chi connectivity index (χ4v) is 7.18. The minimum Gasteiger partial charge on any atom is -0.369 e. The Morgan fingerprint density at radius 1 is 1.02 bits per heavy atom. The molecule has 1 unspecified atom stereocenters. The molecule has 0 radical (unpaired) electrons. The smallest absolute Gasteiger partial charge is 0.251 e. The molecule has 1 aliphatic heterocycles. The summed E-state index contributed by atoms with van der Waals surface area (Å²) in [5, 5.41) is 20.9. The highest BCUT2D eigenvalue weighted by atomic mass is 35.5. The molecule has 1 saturated heterocycles. The zero-order valence-corrected chi connectivity index (χ0v) is 23.7. The van der Waals surface area contributed by atoms with Gasteiger partial charge in [-0.05, 0) is 93.5 Å². The zero-order chi connectivity index (χ0) is 27.9. The monoisotopic (exact) mass is 571 g/mol. The lowest BCUT2D eigenvalue weighted by molar-refractivity contribution is 0.0614. The fraction of sp³-hybridized carbons (Fsp3) is 0.633. The lowest BCUT2D eigenvalue weighted by atomic mass is 9.64. The molecule has 4 atom stereocenters. The van der Waals surface area contributed by atoms with E-state index in [0.717, 1.165) is 44.6 Å². The van der Waals surface area contributed by atoms with Gasteiger partial charge < -0.3 is 16.0 Å². The molecule has 40 heavy (non-hydrogen) atoms. The minimum atomic E-state index is -2.24. The predicted octanol–water partition coefficient (Wildman–Crippen LogP) is 5.79. The first kappa shape index (κ1) is 29.0. The maximum absolute atomic E-state index is 12.7. The second-order valence-electron chi connectivity index (χ2n) is 11.8. The predicted molar refractivity (Wildman–Crippen MR) is 155 cm³/mol. The molecule has 1 aromatic heterocycles. The Morgan fingerprint density at radius 3 is 2.48 bits per heavy atom. The van der Waals surface area contributed by atoms with Gasteiger partial charge in [0.1, 0.15) is 17.5 Å². The molecular formula is C30H40ClF2N7. The van der Waals surface area contributed by atoms with Crippen LogP contribution in [0.25, 0.3) is 0 Å². The van der Waals surface area contributed by atoms with E-state index in [1.54, 1.807) is 6.20 Å². The number of halogens is 3. The Bertz CT molecular complexity index is 1140. The third-order valence-electron chi connectivity index (χ3n) is 9.05. The lowest BCUT2D eigenvalue weighted by Crippen LogP contribution is -2.51. The van der Waals surface area contributed by atoms with Gasteiger partial charge in [-0.25, -0.2) is 13.8 Å². The van der Waals surface area contributed by atoms with Gasteiger partial charge in [-0.15, -0.1) is 0 Å². The Labute approximate surface area is 241 Å². The van der Waals surface area contributed by atoms with Crippen molar-refractivity contribution >= 4 is 23.4 Å². The normalized spacial score (nSPS) is 25.5. The van der Waals surface area contributed by atoms with Crippen LogP contribution < -0.4 is 16.0 Å². The number of piperidine rings is 1. The molecule has 2 heterocycles. The van der Waals surface area contributed by atoms with Gasteiger partial charge in [0.05, 0.1) is 12.7 Å². The molecular weight excluding hydrogens is 532 g/mol. The number of likely N-dealkylation sites (tertiary alicyclic amines) is 1. The third kappa shape index (κ3) is 7.59. The number of hydrogen-bond acceptors (Lipinski definition) is 7. The standard InChI is InChI=1S/C30H40ClF2N7/c31-26-7-2-1-4-24(26)17-37-30-38-18-25(14-34)29(39-30)36-16-21-12-22-5-3-6-23(13-21)28(22)35-15-20-8-10-40(11-9-20)19-27(32)33/h1-2,4,7,18,20-23,27-28,35H,3,5-6,8-13,15-17,19H2,(H2,36,37,38,39)/t21?,22-,23+,28-. The van der Waals surface area contributed by atoms with Crippen LogP contribution in [0.3, 0.4) is 0 Å². The average molecular weight is 572 g/mol. The van der Waals surface area contributed by atoms with Gasteiger partial charge in [0, 0.05) is 24.2 Å². The number of hydrogen-bond donors (Lipinski definition) is 3. The van der Waals surface area contributed by atoms with Crippen molar-refractivity contribution in [3.8, 4) is 6.07 Å². The van der Waals surface area contributed by atoms with Crippen LogP contribution in [0.2, 0.25) is 5.02 Å². The van der Waals surface area contributed by atoms with Crippen LogP contribution in [-0.2, 0) is 6.54 Å². The Hall–Kier alpha value is -2.54. The summed E-state index contributed by atoms with van der Waals surface area (Å²) in [6.07, 6.45) is 7.47. The number of benzene rings is 1. The summed E-state index contributed by atoms with van der Waals surface area (Å²) < 4.78 is 25.4. The fourth-order valence-electron chi connectivity index (χ4n) is 6.98. The number of rotatable bonds is 11. The van der Waals surface area contributed by atoms with E-state index in [0.29, 0.717) is 58.6 Å². The first-order valence-corrected chi connectivity index (χ1v) is 15.1. The maximum Gasteiger partial charge on any atom is 0.251 e. The summed E-state index contributed by atoms with van der Waals surface area (Å²) in [4.78, 5) is 10.8. The van der Waals surface area contributed by atoms with Gasteiger partial charge in [-0.1, -0.05) is 36.2 Å². The van der Waals surface area contributed by atoms with Gasteiger partial charge in [0.25, 0.3) is 6.43 Å². The van der Waals surface area contributed by atoms with Gasteiger partial charge in [-0.2, -0.15) is 10.2 Å². The zero-order valence-electron chi connectivity index (χ0n) is 23.0. The van der Waals surface area contributed by atoms with E-state index in [2.05, 4.69) is 32.0 Å². The quantitative estimate of drug-likeness (QED) is 0.315. The Balaban J connectivity index is 1.11. The van der Waals surface area contributed by atoms with Crippen molar-refractivity contribution in [1.82, 2.24) is 20.2 Å². The van der Waals surface area contributed by atoms with Crippen molar-refractivity contribution in [1.29, 1.82) is 5.26 Å². The molecule has 0 amide bonds. The van der Waals surface area contributed by atoms with E-state index < -0.39 is 6.43 Å². The molecule has 3 N–H and O–H groups in total. The van der Waals surface area contributed by atoms with Crippen LogP contribution in [0.5, 0.6) is 0 Å². The molecule has 3 fully saturated rings. The highest BCUT2D eigenvalue weighted by Crippen LogP contribution is 2.43. The van der Waals surface area contributed by atoms with Crippen molar-refractivity contribution in [3.63, 3.8) is 0 Å². The van der Waals surface area contributed by atoms with E-state index in [9.17, 15) is 14.0 Å². The van der Waals surface area contributed by atoms with Gasteiger partial charge in [-0.3, -0.25) is 4.90 Å². The average Bonchev–Trinajstić information content (AvgIpc) is 2.95. The van der Waals surface area contributed by atoms with Crippen LogP contribution in [0.1, 0.15) is 56.1 Å². The summed E-state index contributed by atoms with van der Waals surface area (Å²) >= 11 is 6.27. The second-order valence-corrected chi connectivity index (χ2v) is 12.2. The van der Waals surface area contributed by atoms with Crippen LogP contribution in [0.15, 0.2) is 30.5 Å². The second kappa shape index (κ2) is 13.9. The molecule has 2 bridgehead atoms. The van der Waals surface area contributed by atoms with Crippen molar-refractivity contribution in [2.75, 3.05) is 43.4 Å². The van der Waals surface area contributed by atoms with Crippen molar-refractivity contribution in [2.45, 2.75) is 64.0 Å². The van der Waals surface area contributed by atoms with E-state index in [1.807, 2.05) is 29.2 Å². The Morgan fingerprint density at radius 2 is 1.77 bits per heavy atom. The van der Waals surface area contributed by atoms with Gasteiger partial charge >= 0.3 is 0 Å². The maximum atomic E-state index is 12.7. The minimum absolute atomic E-state index is 0.0897. The molecule has 5 rings (SSSR count). The largest absolute Gasteiger partial charge is 0.369 e. The molecule has 0 spiro atoms. The summed E-state index contributed by atoms with van der Waals surface area (Å²) in [5.74, 6) is 3.47. The van der Waals surface area contributed by atoms with E-state index in [4.69, 9.17) is 11.6 Å². The van der Waals surface area contributed by atoms with Crippen LogP contribution in [0.4, 0.5) is 20.5 Å². The lowest BCUT2D eigenvalue weighted by Gasteiger charge is -2.47.